The van der Waals surface area contributed by atoms with Crippen LogP contribution in [0, 0.1) is 0 Å². The molecule has 0 aliphatic carbocycles. The molecule has 7 aromatic carbocycles. The zero-order valence-corrected chi connectivity index (χ0v) is 28.2. The normalized spacial score (nSPS) is 11.5. The zero-order valence-electron chi connectivity index (χ0n) is 27.4. The van der Waals surface area contributed by atoms with Crippen molar-refractivity contribution in [2.24, 2.45) is 0 Å². The van der Waals surface area contributed by atoms with Gasteiger partial charge in [-0.15, -0.1) is 11.3 Å². The maximum absolute atomic E-state index is 5.20. The quantitative estimate of drug-likeness (QED) is 0.183. The van der Waals surface area contributed by atoms with E-state index < -0.39 is 0 Å². The maximum atomic E-state index is 5.20. The van der Waals surface area contributed by atoms with Gasteiger partial charge in [0.1, 0.15) is 0 Å². The first kappa shape index (κ1) is 29.4. The number of pyridine rings is 1. The van der Waals surface area contributed by atoms with E-state index in [1.165, 1.54) is 30.9 Å². The number of aromatic nitrogens is 4. The second-order valence-corrected chi connectivity index (χ2v) is 13.7. The molecule has 0 bridgehead atoms. The summed E-state index contributed by atoms with van der Waals surface area (Å²) in [7, 11) is 0. The molecule has 0 atom stereocenters. The van der Waals surface area contributed by atoms with E-state index in [1.54, 1.807) is 0 Å². The standard InChI is InChI=1S/C46H28N4S/c1-3-12-31(13-4-1)42-41-38-28-35(25-26-40(38)51-43(41)37-17-9-10-18-39(37)47-42)30-19-22-33(23-20-30)45-48-44(32-14-5-2-6-15-32)49-46(50-45)36-24-21-29-11-7-8-16-34(29)27-36/h1-28H. The molecule has 4 nitrogen and oxygen atoms in total. The van der Waals surface area contributed by atoms with E-state index in [1.807, 2.05) is 41.7 Å². The Labute approximate surface area is 298 Å². The van der Waals surface area contributed by atoms with Crippen molar-refractivity contribution < 1.29 is 0 Å². The van der Waals surface area contributed by atoms with Gasteiger partial charge in [0, 0.05) is 47.8 Å². The van der Waals surface area contributed by atoms with Gasteiger partial charge in [-0.2, -0.15) is 0 Å². The number of hydrogen-bond donors (Lipinski definition) is 0. The van der Waals surface area contributed by atoms with Crippen LogP contribution in [0.15, 0.2) is 170 Å². The van der Waals surface area contributed by atoms with Crippen LogP contribution in [0.25, 0.3) is 98.4 Å². The summed E-state index contributed by atoms with van der Waals surface area (Å²) in [5.74, 6) is 1.94. The van der Waals surface area contributed by atoms with E-state index in [4.69, 9.17) is 19.9 Å². The summed E-state index contributed by atoms with van der Waals surface area (Å²) in [6.07, 6.45) is 0. The molecule has 0 N–H and O–H groups in total. The van der Waals surface area contributed by atoms with Gasteiger partial charge in [-0.3, -0.25) is 0 Å². The number of fused-ring (bicyclic) bond motifs is 6. The number of benzene rings is 7. The Hall–Kier alpha value is -6.56. The highest BCUT2D eigenvalue weighted by Crippen LogP contribution is 2.44. The lowest BCUT2D eigenvalue weighted by atomic mass is 9.99. The monoisotopic (exact) mass is 668 g/mol. The molecule has 10 aromatic rings. The Morgan fingerprint density at radius 1 is 0.353 bits per heavy atom. The van der Waals surface area contributed by atoms with Gasteiger partial charge >= 0.3 is 0 Å². The van der Waals surface area contributed by atoms with Gasteiger partial charge in [0.2, 0.25) is 0 Å². The Balaban J connectivity index is 1.08. The van der Waals surface area contributed by atoms with Gasteiger partial charge < -0.3 is 0 Å². The molecule has 10 rings (SSSR count). The molecule has 5 heteroatoms. The number of nitrogens with zero attached hydrogens (tertiary/aromatic N) is 4. The maximum Gasteiger partial charge on any atom is 0.164 e. The Morgan fingerprint density at radius 3 is 1.69 bits per heavy atom. The van der Waals surface area contributed by atoms with E-state index in [-0.39, 0.29) is 0 Å². The molecule has 3 heterocycles. The Bertz CT molecular complexity index is 2900. The summed E-state index contributed by atoms with van der Waals surface area (Å²) in [6, 6.07) is 59.2. The second kappa shape index (κ2) is 12.1. The molecule has 0 saturated carbocycles. The minimum atomic E-state index is 0.642. The molecule has 0 spiro atoms. The van der Waals surface area contributed by atoms with Crippen molar-refractivity contribution in [2.45, 2.75) is 0 Å². The van der Waals surface area contributed by atoms with Crippen molar-refractivity contribution in [3.63, 3.8) is 0 Å². The fraction of sp³-hybridized carbons (Fsp3) is 0. The first-order valence-corrected chi connectivity index (χ1v) is 17.8. The van der Waals surface area contributed by atoms with Crippen LogP contribution < -0.4 is 0 Å². The molecule has 0 fully saturated rings. The molecule has 0 amide bonds. The molecule has 3 aromatic heterocycles. The fourth-order valence-corrected chi connectivity index (χ4v) is 8.16. The zero-order chi connectivity index (χ0) is 33.7. The van der Waals surface area contributed by atoms with Crippen molar-refractivity contribution in [2.75, 3.05) is 0 Å². The average Bonchev–Trinajstić information content (AvgIpc) is 3.60. The van der Waals surface area contributed by atoms with Crippen LogP contribution in [-0.4, -0.2) is 19.9 Å². The smallest absolute Gasteiger partial charge is 0.164 e. The van der Waals surface area contributed by atoms with Gasteiger partial charge in [0.05, 0.1) is 11.2 Å². The highest BCUT2D eigenvalue weighted by atomic mass is 32.1. The van der Waals surface area contributed by atoms with E-state index in [0.717, 1.165) is 50.0 Å². The van der Waals surface area contributed by atoms with Crippen molar-refractivity contribution in [3.8, 4) is 56.5 Å². The molecule has 0 radical (unpaired) electrons. The van der Waals surface area contributed by atoms with Crippen molar-refractivity contribution in [3.05, 3.63) is 170 Å². The minimum absolute atomic E-state index is 0.642. The molecule has 0 unspecified atom stereocenters. The molecular formula is C46H28N4S. The lowest BCUT2D eigenvalue weighted by molar-refractivity contribution is 1.07. The fourth-order valence-electron chi connectivity index (χ4n) is 6.94. The SMILES string of the molecule is c1ccc(-c2nc(-c3ccc(-c4ccc5sc6c7ccccc7nc(-c7ccccc7)c6c5c4)cc3)nc(-c3ccc4ccccc4c3)n2)cc1. The van der Waals surface area contributed by atoms with Crippen molar-refractivity contribution in [1.29, 1.82) is 0 Å². The largest absolute Gasteiger partial charge is 0.247 e. The summed E-state index contributed by atoms with van der Waals surface area (Å²) in [5.41, 5.74) is 8.29. The molecule has 0 aliphatic heterocycles. The molecule has 238 valence electrons. The first-order valence-electron chi connectivity index (χ1n) is 17.0. The van der Waals surface area contributed by atoms with Crippen LogP contribution in [-0.2, 0) is 0 Å². The Kier molecular flexibility index (Phi) is 6.96. The highest BCUT2D eigenvalue weighted by Gasteiger charge is 2.17. The number of thiophene rings is 1. The van der Waals surface area contributed by atoms with Crippen molar-refractivity contribution in [1.82, 2.24) is 19.9 Å². The van der Waals surface area contributed by atoms with E-state index >= 15 is 0 Å². The highest BCUT2D eigenvalue weighted by molar-refractivity contribution is 7.26. The summed E-state index contributed by atoms with van der Waals surface area (Å²) >= 11 is 1.84. The predicted octanol–water partition coefficient (Wildman–Crippen LogP) is 12.3. The van der Waals surface area contributed by atoms with Crippen LogP contribution in [0.4, 0.5) is 0 Å². The number of para-hydroxylation sites is 1. The van der Waals surface area contributed by atoms with Crippen LogP contribution in [0.1, 0.15) is 0 Å². The van der Waals surface area contributed by atoms with Gasteiger partial charge in [-0.05, 0) is 46.2 Å². The third kappa shape index (κ3) is 5.23. The average molecular weight is 669 g/mol. The molecule has 0 saturated heterocycles. The molecular weight excluding hydrogens is 641 g/mol. The van der Waals surface area contributed by atoms with Crippen LogP contribution >= 0.6 is 11.3 Å². The van der Waals surface area contributed by atoms with Gasteiger partial charge in [-0.25, -0.2) is 19.9 Å². The van der Waals surface area contributed by atoms with E-state index in [9.17, 15) is 0 Å². The van der Waals surface area contributed by atoms with Gasteiger partial charge in [-0.1, -0.05) is 146 Å². The summed E-state index contributed by atoms with van der Waals surface area (Å²) in [5, 5.41) is 5.95. The van der Waals surface area contributed by atoms with E-state index in [0.29, 0.717) is 17.5 Å². The number of rotatable bonds is 5. The summed E-state index contributed by atoms with van der Waals surface area (Å²) in [6.45, 7) is 0. The van der Waals surface area contributed by atoms with Crippen LogP contribution in [0.3, 0.4) is 0 Å². The minimum Gasteiger partial charge on any atom is -0.247 e. The third-order valence-electron chi connectivity index (χ3n) is 9.50. The van der Waals surface area contributed by atoms with Crippen LogP contribution in [0.2, 0.25) is 0 Å². The van der Waals surface area contributed by atoms with Crippen molar-refractivity contribution >= 4 is 53.2 Å². The summed E-state index contributed by atoms with van der Waals surface area (Å²) in [4.78, 5) is 20.1. The molecule has 51 heavy (non-hydrogen) atoms. The Morgan fingerprint density at radius 2 is 0.922 bits per heavy atom. The topological polar surface area (TPSA) is 51.6 Å². The summed E-state index contributed by atoms with van der Waals surface area (Å²) < 4.78 is 2.52. The first-order chi connectivity index (χ1) is 25.2. The molecule has 0 aliphatic rings. The lowest BCUT2D eigenvalue weighted by Gasteiger charge is -2.10. The third-order valence-corrected chi connectivity index (χ3v) is 10.7. The predicted molar refractivity (Wildman–Crippen MR) is 213 cm³/mol. The van der Waals surface area contributed by atoms with Crippen LogP contribution in [0.5, 0.6) is 0 Å². The van der Waals surface area contributed by atoms with E-state index in [2.05, 4.69) is 140 Å². The van der Waals surface area contributed by atoms with Gasteiger partial charge in [0.25, 0.3) is 0 Å². The number of hydrogen-bond acceptors (Lipinski definition) is 5. The lowest BCUT2D eigenvalue weighted by Crippen LogP contribution is -2.00. The van der Waals surface area contributed by atoms with Gasteiger partial charge in [0.15, 0.2) is 17.5 Å². The second-order valence-electron chi connectivity index (χ2n) is 12.7.